The van der Waals surface area contributed by atoms with Gasteiger partial charge in [-0.05, 0) is 41.8 Å². The van der Waals surface area contributed by atoms with Crippen molar-refractivity contribution in [3.05, 3.63) is 34.9 Å². The van der Waals surface area contributed by atoms with Gasteiger partial charge in [0.2, 0.25) is 0 Å². The Kier molecular flexibility index (Phi) is 4.59. The first-order valence-electron chi connectivity index (χ1n) is 6.55. The van der Waals surface area contributed by atoms with Gasteiger partial charge < -0.3 is 10.4 Å². The topological polar surface area (TPSA) is 90.8 Å². The van der Waals surface area contributed by atoms with Crippen molar-refractivity contribution >= 4 is 30.4 Å². The number of nitrogens with zero attached hydrogens (tertiary/aromatic N) is 1. The molecule has 0 aromatic carbocycles. The van der Waals surface area contributed by atoms with E-state index in [2.05, 4.69) is 15.8 Å². The molecule has 2 heterocycles. The maximum Gasteiger partial charge on any atom is 0.328 e. The average molecular weight is 310 g/mol. The van der Waals surface area contributed by atoms with Crippen LogP contribution in [0.4, 0.5) is 0 Å². The molecule has 0 spiro atoms. The molecule has 0 amide bonds. The first-order chi connectivity index (χ1) is 9.66. The maximum atomic E-state index is 12.4. The Balaban J connectivity index is 0.00000161. The molecule has 0 saturated carbocycles. The number of carbonyl (C=O) groups excluding carboxylic acids is 1. The van der Waals surface area contributed by atoms with Crippen LogP contribution in [0.15, 0.2) is 40.0 Å². The molecule has 0 aromatic heterocycles. The number of carbonyl (C=O) groups is 2. The lowest BCUT2D eigenvalue weighted by molar-refractivity contribution is -0.131. The highest BCUT2D eigenvalue weighted by Gasteiger charge is 2.41. The zero-order valence-corrected chi connectivity index (χ0v) is 12.0. The molecule has 112 valence electrons. The molecule has 3 N–H and O–H groups in total. The summed E-state index contributed by atoms with van der Waals surface area (Å²) >= 11 is 0. The van der Waals surface area contributed by atoms with Crippen LogP contribution in [0.3, 0.4) is 0 Å². The number of halogens is 1. The number of carboxylic acid groups (broad SMARTS) is 1. The zero-order valence-electron chi connectivity index (χ0n) is 11.2. The third kappa shape index (κ3) is 2.91. The third-order valence-corrected chi connectivity index (χ3v) is 3.81. The van der Waals surface area contributed by atoms with Crippen molar-refractivity contribution in [3.63, 3.8) is 0 Å². The Morgan fingerprint density at radius 3 is 3.05 bits per heavy atom. The van der Waals surface area contributed by atoms with E-state index in [4.69, 9.17) is 5.11 Å². The van der Waals surface area contributed by atoms with E-state index in [0.29, 0.717) is 12.1 Å². The molecule has 1 saturated heterocycles. The third-order valence-electron chi connectivity index (χ3n) is 3.81. The number of hydrogen-bond donors (Lipinski definition) is 3. The number of carboxylic acids is 1. The van der Waals surface area contributed by atoms with Crippen LogP contribution in [0, 0.1) is 5.92 Å². The van der Waals surface area contributed by atoms with E-state index >= 15 is 0 Å². The van der Waals surface area contributed by atoms with E-state index in [-0.39, 0.29) is 24.1 Å². The second-order valence-corrected chi connectivity index (χ2v) is 5.04. The lowest BCUT2D eigenvalue weighted by Crippen LogP contribution is -2.36. The molecular formula is C14H16ClN3O3. The number of piperidine rings is 1. The molecule has 1 fully saturated rings. The van der Waals surface area contributed by atoms with Crippen LogP contribution >= 0.6 is 12.4 Å². The van der Waals surface area contributed by atoms with E-state index in [9.17, 15) is 9.59 Å². The number of Topliss-reactive ketones (excluding diaryl/α,β-unsaturated/α-hetero) is 1. The van der Waals surface area contributed by atoms with Gasteiger partial charge in [0.1, 0.15) is 6.04 Å². The number of hydrogen-bond acceptors (Lipinski definition) is 5. The van der Waals surface area contributed by atoms with Crippen molar-refractivity contribution in [2.75, 3.05) is 13.1 Å². The predicted molar refractivity (Wildman–Crippen MR) is 80.5 cm³/mol. The number of fused-ring (bicyclic) bond motifs is 2. The van der Waals surface area contributed by atoms with Gasteiger partial charge in [0.15, 0.2) is 5.78 Å². The number of aliphatic carboxylic acids is 1. The molecule has 2 atom stereocenters. The second kappa shape index (κ2) is 6.24. The van der Waals surface area contributed by atoms with Crippen molar-refractivity contribution in [3.8, 4) is 0 Å². The molecular weight excluding hydrogens is 294 g/mol. The van der Waals surface area contributed by atoms with Crippen LogP contribution < -0.4 is 10.7 Å². The van der Waals surface area contributed by atoms with Crippen LogP contribution in [-0.2, 0) is 9.59 Å². The number of ketones is 1. The lowest BCUT2D eigenvalue weighted by Gasteiger charge is -2.20. The Hall–Kier alpha value is -1.92. The molecule has 6 nitrogen and oxygen atoms in total. The summed E-state index contributed by atoms with van der Waals surface area (Å²) in [5.41, 5.74) is 5.57. The van der Waals surface area contributed by atoms with E-state index in [1.807, 2.05) is 6.08 Å². The van der Waals surface area contributed by atoms with Gasteiger partial charge in [0.25, 0.3) is 0 Å². The fourth-order valence-electron chi connectivity index (χ4n) is 2.89. The number of rotatable bonds is 2. The van der Waals surface area contributed by atoms with Gasteiger partial charge in [-0.1, -0.05) is 0 Å². The highest BCUT2D eigenvalue weighted by Crippen LogP contribution is 2.35. The highest BCUT2D eigenvalue weighted by molar-refractivity contribution is 5.98. The summed E-state index contributed by atoms with van der Waals surface area (Å²) < 4.78 is 0. The normalized spacial score (nSPS) is 27.4. The van der Waals surface area contributed by atoms with Crippen LogP contribution in [-0.4, -0.2) is 42.2 Å². The highest BCUT2D eigenvalue weighted by atomic mass is 35.5. The molecule has 1 aliphatic carbocycles. The first-order valence-corrected chi connectivity index (χ1v) is 6.55. The van der Waals surface area contributed by atoms with Crippen LogP contribution in [0.5, 0.6) is 0 Å². The Labute approximate surface area is 128 Å². The van der Waals surface area contributed by atoms with Gasteiger partial charge in [0, 0.05) is 18.5 Å². The molecule has 0 bridgehead atoms. The zero-order chi connectivity index (χ0) is 14.1. The van der Waals surface area contributed by atoms with Gasteiger partial charge >= 0.3 is 5.97 Å². The smallest absolute Gasteiger partial charge is 0.328 e. The number of hydrazone groups is 1. The van der Waals surface area contributed by atoms with E-state index in [1.165, 1.54) is 12.3 Å². The van der Waals surface area contributed by atoms with Crippen LogP contribution in [0.1, 0.15) is 6.42 Å². The lowest BCUT2D eigenvalue weighted by atomic mass is 9.93. The fourth-order valence-corrected chi connectivity index (χ4v) is 2.89. The quantitative estimate of drug-likeness (QED) is 0.643. The summed E-state index contributed by atoms with van der Waals surface area (Å²) in [4.78, 5) is 22.9. The molecule has 2 aliphatic heterocycles. The summed E-state index contributed by atoms with van der Waals surface area (Å²) in [6.45, 7) is 1.55. The van der Waals surface area contributed by atoms with Crippen molar-refractivity contribution in [1.82, 2.24) is 10.7 Å². The predicted octanol–water partition coefficient (Wildman–Crippen LogP) is 0.422. The minimum atomic E-state index is -1.01. The minimum Gasteiger partial charge on any atom is -0.478 e. The van der Waals surface area contributed by atoms with E-state index in [1.54, 1.807) is 0 Å². The number of allylic oxidation sites excluding steroid dienone is 2. The molecule has 7 heteroatoms. The fraction of sp³-hybridized carbons (Fsp3) is 0.357. The van der Waals surface area contributed by atoms with Gasteiger partial charge in [-0.15, -0.1) is 12.4 Å². The first kappa shape index (κ1) is 15.5. The van der Waals surface area contributed by atoms with E-state index < -0.39 is 12.0 Å². The largest absolute Gasteiger partial charge is 0.478 e. The molecule has 0 aromatic rings. The Morgan fingerprint density at radius 2 is 2.29 bits per heavy atom. The van der Waals surface area contributed by atoms with Gasteiger partial charge in [-0.3, -0.25) is 10.2 Å². The summed E-state index contributed by atoms with van der Waals surface area (Å²) in [5, 5.41) is 16.0. The second-order valence-electron chi connectivity index (χ2n) is 5.04. The van der Waals surface area contributed by atoms with Crippen molar-refractivity contribution < 1.29 is 14.7 Å². The standard InChI is InChI=1S/C14H15N3O3.ClH/c18-12(19)2-1-8-5-10-11-7-15-4-3-9(11)14(20)13(10)17-16-6-8;/h1-2,5-6,9,13,15,17H,3-4,7H2,(H,18,19);1H/b2-1+;/t9?,13-;/m0./s1. The maximum absolute atomic E-state index is 12.4. The van der Waals surface area contributed by atoms with Crippen LogP contribution in [0.25, 0.3) is 0 Å². The van der Waals surface area contributed by atoms with Crippen molar-refractivity contribution in [2.24, 2.45) is 11.0 Å². The number of nitrogens with one attached hydrogen (secondary N) is 2. The summed E-state index contributed by atoms with van der Waals surface area (Å²) in [5.74, 6) is -0.878. The van der Waals surface area contributed by atoms with E-state index in [0.717, 1.165) is 30.2 Å². The molecule has 1 unspecified atom stereocenters. The summed E-state index contributed by atoms with van der Waals surface area (Å²) in [6.07, 6.45) is 6.75. The summed E-state index contributed by atoms with van der Waals surface area (Å²) in [7, 11) is 0. The van der Waals surface area contributed by atoms with Crippen molar-refractivity contribution in [1.29, 1.82) is 0 Å². The average Bonchev–Trinajstić information content (AvgIpc) is 2.62. The molecule has 3 aliphatic rings. The van der Waals surface area contributed by atoms with Gasteiger partial charge in [0.05, 0.1) is 6.21 Å². The minimum absolute atomic E-state index is 0. The van der Waals surface area contributed by atoms with Gasteiger partial charge in [-0.25, -0.2) is 4.79 Å². The molecule has 21 heavy (non-hydrogen) atoms. The van der Waals surface area contributed by atoms with Crippen molar-refractivity contribution in [2.45, 2.75) is 12.5 Å². The SMILES string of the molecule is Cl.O=C(O)/C=C/C1=CC2=C3CNCCC3C(=O)[C@H]2NN=C1. The molecule has 3 rings (SSSR count). The van der Waals surface area contributed by atoms with Gasteiger partial charge in [-0.2, -0.15) is 5.10 Å². The Bertz CT molecular complexity index is 592. The molecule has 0 radical (unpaired) electrons. The van der Waals surface area contributed by atoms with Crippen LogP contribution in [0.2, 0.25) is 0 Å². The Morgan fingerprint density at radius 1 is 1.48 bits per heavy atom. The monoisotopic (exact) mass is 309 g/mol. The summed E-state index contributed by atoms with van der Waals surface area (Å²) in [6, 6.07) is -0.401.